The van der Waals surface area contributed by atoms with E-state index >= 15 is 0 Å². The van der Waals surface area contributed by atoms with Gasteiger partial charge < -0.3 is 9.73 Å². The molecule has 1 unspecified atom stereocenters. The first-order chi connectivity index (χ1) is 8.36. The molecule has 1 atom stereocenters. The third-order valence-electron chi connectivity index (χ3n) is 3.52. The molecule has 2 heterocycles. The second-order valence-corrected chi connectivity index (χ2v) is 4.75. The Morgan fingerprint density at radius 1 is 1.47 bits per heavy atom. The maximum atomic E-state index is 5.86. The summed E-state index contributed by atoms with van der Waals surface area (Å²) in [6.07, 6.45) is 3.44. The third kappa shape index (κ3) is 2.07. The van der Waals surface area contributed by atoms with Gasteiger partial charge in [-0.3, -0.25) is 0 Å². The van der Waals surface area contributed by atoms with Gasteiger partial charge >= 0.3 is 0 Å². The zero-order valence-corrected chi connectivity index (χ0v) is 10.2. The second kappa shape index (κ2) is 4.49. The van der Waals surface area contributed by atoms with E-state index < -0.39 is 0 Å². The Morgan fingerprint density at radius 2 is 2.41 bits per heavy atom. The molecule has 2 aromatic rings. The number of aryl methyl sites for hydroxylation is 1. The number of hydrogen-bond acceptors (Lipinski definition) is 3. The van der Waals surface area contributed by atoms with E-state index in [-0.39, 0.29) is 0 Å². The van der Waals surface area contributed by atoms with Crippen molar-refractivity contribution in [3.8, 4) is 0 Å². The van der Waals surface area contributed by atoms with Crippen LogP contribution in [0.3, 0.4) is 0 Å². The highest BCUT2D eigenvalue weighted by Crippen LogP contribution is 2.26. The summed E-state index contributed by atoms with van der Waals surface area (Å²) >= 11 is 0. The molecule has 0 saturated carbocycles. The van der Waals surface area contributed by atoms with E-state index in [4.69, 9.17) is 4.42 Å². The number of rotatable bonds is 2. The molecule has 0 bridgehead atoms. The number of oxazole rings is 1. The average Bonchev–Trinajstić information content (AvgIpc) is 2.82. The van der Waals surface area contributed by atoms with Crippen LogP contribution >= 0.6 is 0 Å². The molecule has 1 aliphatic heterocycles. The first kappa shape index (κ1) is 10.8. The van der Waals surface area contributed by atoms with Crippen molar-refractivity contribution in [2.75, 3.05) is 13.1 Å². The molecular formula is C14H18N2O. The van der Waals surface area contributed by atoms with Gasteiger partial charge in [0.05, 0.1) is 0 Å². The number of hydrogen-bond donors (Lipinski definition) is 1. The first-order valence-corrected chi connectivity index (χ1v) is 6.47. The largest absolute Gasteiger partial charge is 0.440 e. The van der Waals surface area contributed by atoms with Gasteiger partial charge in [0.25, 0.3) is 0 Å². The predicted octanol–water partition coefficient (Wildman–Crippen LogP) is 2.86. The first-order valence-electron chi connectivity index (χ1n) is 6.47. The van der Waals surface area contributed by atoms with Crippen LogP contribution in [-0.4, -0.2) is 18.1 Å². The van der Waals surface area contributed by atoms with E-state index in [1.807, 2.05) is 6.07 Å². The van der Waals surface area contributed by atoms with E-state index in [9.17, 15) is 0 Å². The fraction of sp³-hybridized carbons (Fsp3) is 0.500. The number of nitrogens with one attached hydrogen (secondary N) is 1. The van der Waals surface area contributed by atoms with Gasteiger partial charge in [-0.1, -0.05) is 13.0 Å². The summed E-state index contributed by atoms with van der Waals surface area (Å²) in [7, 11) is 0. The summed E-state index contributed by atoms with van der Waals surface area (Å²) in [5.41, 5.74) is 3.24. The Kier molecular flexibility index (Phi) is 2.85. The van der Waals surface area contributed by atoms with Gasteiger partial charge in [-0.05, 0) is 43.5 Å². The van der Waals surface area contributed by atoms with Gasteiger partial charge in [0, 0.05) is 12.5 Å². The monoisotopic (exact) mass is 230 g/mol. The molecule has 3 heteroatoms. The number of nitrogens with zero attached hydrogens (tertiary/aromatic N) is 1. The molecule has 0 radical (unpaired) electrons. The number of aromatic nitrogens is 1. The Labute approximate surface area is 101 Å². The number of fused-ring (bicyclic) bond motifs is 1. The van der Waals surface area contributed by atoms with Crippen LogP contribution in [0.25, 0.3) is 11.1 Å². The van der Waals surface area contributed by atoms with E-state index in [0.717, 1.165) is 36.5 Å². The van der Waals surface area contributed by atoms with Gasteiger partial charge in [0.1, 0.15) is 5.52 Å². The summed E-state index contributed by atoms with van der Waals surface area (Å²) in [4.78, 5) is 4.64. The lowest BCUT2D eigenvalue weighted by Crippen LogP contribution is -2.28. The standard InChI is InChI=1S/C14H18N2O/c1-2-10-5-6-13-12(8-10)16-14(17-13)11-4-3-7-15-9-11/h5-6,8,11,15H,2-4,7,9H2,1H3. The Bertz CT molecular complexity index is 512. The third-order valence-corrected chi connectivity index (χ3v) is 3.52. The van der Waals surface area contributed by atoms with Crippen LogP contribution in [0.4, 0.5) is 0 Å². The molecule has 17 heavy (non-hydrogen) atoms. The summed E-state index contributed by atoms with van der Waals surface area (Å²) < 4.78 is 5.86. The van der Waals surface area contributed by atoms with Crippen LogP contribution in [0.15, 0.2) is 22.6 Å². The number of piperidine rings is 1. The van der Waals surface area contributed by atoms with Crippen LogP contribution in [0, 0.1) is 0 Å². The van der Waals surface area contributed by atoms with Gasteiger partial charge in [-0.2, -0.15) is 0 Å². The van der Waals surface area contributed by atoms with Gasteiger partial charge in [0.2, 0.25) is 0 Å². The van der Waals surface area contributed by atoms with Crippen LogP contribution in [0.2, 0.25) is 0 Å². The summed E-state index contributed by atoms with van der Waals surface area (Å²) in [5.74, 6) is 1.35. The molecule has 1 aromatic heterocycles. The smallest absolute Gasteiger partial charge is 0.199 e. The molecule has 1 fully saturated rings. The van der Waals surface area contributed by atoms with Crippen molar-refractivity contribution in [2.45, 2.75) is 32.1 Å². The fourth-order valence-electron chi connectivity index (χ4n) is 2.45. The fourth-order valence-corrected chi connectivity index (χ4v) is 2.45. The van der Waals surface area contributed by atoms with E-state index in [1.165, 1.54) is 18.4 Å². The van der Waals surface area contributed by atoms with Gasteiger partial charge in [-0.15, -0.1) is 0 Å². The normalized spacial score (nSPS) is 20.9. The molecule has 3 nitrogen and oxygen atoms in total. The maximum absolute atomic E-state index is 5.86. The summed E-state index contributed by atoms with van der Waals surface area (Å²) in [5, 5.41) is 3.40. The lowest BCUT2D eigenvalue weighted by Gasteiger charge is -2.19. The van der Waals surface area contributed by atoms with Crippen LogP contribution in [0.5, 0.6) is 0 Å². The van der Waals surface area contributed by atoms with Crippen LogP contribution in [0.1, 0.15) is 37.1 Å². The van der Waals surface area contributed by atoms with Crippen molar-refractivity contribution in [3.63, 3.8) is 0 Å². The quantitative estimate of drug-likeness (QED) is 0.862. The highest BCUT2D eigenvalue weighted by atomic mass is 16.3. The average molecular weight is 230 g/mol. The molecule has 0 spiro atoms. The zero-order valence-electron chi connectivity index (χ0n) is 10.2. The molecule has 90 valence electrons. The van der Waals surface area contributed by atoms with Crippen molar-refractivity contribution in [3.05, 3.63) is 29.7 Å². The molecule has 1 aromatic carbocycles. The molecule has 1 saturated heterocycles. The van der Waals surface area contributed by atoms with E-state index in [1.54, 1.807) is 0 Å². The molecule has 0 aliphatic carbocycles. The van der Waals surface area contributed by atoms with Crippen LogP contribution < -0.4 is 5.32 Å². The van der Waals surface area contributed by atoms with Gasteiger partial charge in [0.15, 0.2) is 11.5 Å². The summed E-state index contributed by atoms with van der Waals surface area (Å²) in [6.45, 7) is 4.28. The topological polar surface area (TPSA) is 38.1 Å². The molecule has 1 N–H and O–H groups in total. The Balaban J connectivity index is 1.95. The van der Waals surface area contributed by atoms with E-state index in [2.05, 4.69) is 29.4 Å². The zero-order chi connectivity index (χ0) is 11.7. The van der Waals surface area contributed by atoms with E-state index in [0.29, 0.717) is 5.92 Å². The van der Waals surface area contributed by atoms with Crippen molar-refractivity contribution in [2.24, 2.45) is 0 Å². The predicted molar refractivity (Wildman–Crippen MR) is 68.2 cm³/mol. The molecule has 3 rings (SSSR count). The minimum Gasteiger partial charge on any atom is -0.440 e. The summed E-state index contributed by atoms with van der Waals surface area (Å²) in [6, 6.07) is 6.30. The SMILES string of the molecule is CCc1ccc2oc(C3CCCNC3)nc2c1. The minimum absolute atomic E-state index is 0.446. The van der Waals surface area contributed by atoms with Crippen molar-refractivity contribution in [1.82, 2.24) is 10.3 Å². The maximum Gasteiger partial charge on any atom is 0.199 e. The van der Waals surface area contributed by atoms with Gasteiger partial charge in [-0.25, -0.2) is 4.98 Å². The lowest BCUT2D eigenvalue weighted by molar-refractivity contribution is 0.387. The molecule has 0 amide bonds. The molecule has 1 aliphatic rings. The minimum atomic E-state index is 0.446. The molecular weight excluding hydrogens is 212 g/mol. The van der Waals surface area contributed by atoms with Crippen LogP contribution in [-0.2, 0) is 6.42 Å². The van der Waals surface area contributed by atoms with Crippen molar-refractivity contribution < 1.29 is 4.42 Å². The second-order valence-electron chi connectivity index (χ2n) is 4.75. The Morgan fingerprint density at radius 3 is 3.18 bits per heavy atom. The van der Waals surface area contributed by atoms with Crippen molar-refractivity contribution in [1.29, 1.82) is 0 Å². The Hall–Kier alpha value is -1.35. The number of benzene rings is 1. The highest BCUT2D eigenvalue weighted by Gasteiger charge is 2.20. The highest BCUT2D eigenvalue weighted by molar-refractivity contribution is 5.73. The van der Waals surface area contributed by atoms with Crippen molar-refractivity contribution >= 4 is 11.1 Å². The lowest BCUT2D eigenvalue weighted by atomic mass is 10.00.